The van der Waals surface area contributed by atoms with E-state index < -0.39 is 16.1 Å². The number of nitrogens with zero attached hydrogens (tertiary/aromatic N) is 2. The van der Waals surface area contributed by atoms with E-state index in [2.05, 4.69) is 5.32 Å². The van der Waals surface area contributed by atoms with E-state index in [0.29, 0.717) is 23.5 Å². The van der Waals surface area contributed by atoms with E-state index in [1.165, 1.54) is 4.31 Å². The lowest BCUT2D eigenvalue weighted by molar-refractivity contribution is -0.140. The van der Waals surface area contributed by atoms with Crippen LogP contribution in [0.1, 0.15) is 25.3 Å². The zero-order valence-electron chi connectivity index (χ0n) is 18.7. The first-order valence-corrected chi connectivity index (χ1v) is 12.4. The number of hydrogen-bond acceptors (Lipinski definition) is 4. The van der Waals surface area contributed by atoms with Gasteiger partial charge in [-0.25, -0.2) is 8.42 Å². The first kappa shape index (κ1) is 22.8. The first-order chi connectivity index (χ1) is 15.8. The molecule has 1 heterocycles. The fraction of sp³-hybridized carbons (Fsp3) is 0.280. The Balaban J connectivity index is 1.49. The highest BCUT2D eigenvalue weighted by Gasteiger charge is 2.35. The van der Waals surface area contributed by atoms with E-state index in [1.807, 2.05) is 48.5 Å². The SMILES string of the molecule is CNC(=O)[C@H](C)N(Cc1ccccc1)C(=O)CCCN1c2cccc3cccc(c23)S1(=O)=O. The summed E-state index contributed by atoms with van der Waals surface area (Å²) in [6.45, 7) is 2.19. The molecule has 3 aromatic rings. The summed E-state index contributed by atoms with van der Waals surface area (Å²) in [5.41, 5.74) is 1.57. The van der Waals surface area contributed by atoms with Crippen molar-refractivity contribution in [3.63, 3.8) is 0 Å². The van der Waals surface area contributed by atoms with Gasteiger partial charge in [-0.2, -0.15) is 0 Å². The molecule has 0 aromatic heterocycles. The zero-order chi connectivity index (χ0) is 23.6. The summed E-state index contributed by atoms with van der Waals surface area (Å²) in [6.07, 6.45) is 0.473. The Hall–Kier alpha value is -3.39. The summed E-state index contributed by atoms with van der Waals surface area (Å²) in [4.78, 5) is 27.2. The van der Waals surface area contributed by atoms with Crippen LogP contribution in [0.3, 0.4) is 0 Å². The molecule has 4 rings (SSSR count). The van der Waals surface area contributed by atoms with Crippen molar-refractivity contribution < 1.29 is 18.0 Å². The van der Waals surface area contributed by atoms with Crippen molar-refractivity contribution >= 4 is 38.3 Å². The van der Waals surface area contributed by atoms with Gasteiger partial charge in [0.2, 0.25) is 11.8 Å². The van der Waals surface area contributed by atoms with Crippen LogP contribution < -0.4 is 9.62 Å². The minimum Gasteiger partial charge on any atom is -0.357 e. The van der Waals surface area contributed by atoms with E-state index in [0.717, 1.165) is 16.3 Å². The number of rotatable bonds is 8. The third kappa shape index (κ3) is 4.30. The zero-order valence-corrected chi connectivity index (χ0v) is 19.5. The third-order valence-corrected chi connectivity index (χ3v) is 7.90. The number of carbonyl (C=O) groups is 2. The maximum atomic E-state index is 13.1. The van der Waals surface area contributed by atoms with Crippen LogP contribution in [0.4, 0.5) is 5.69 Å². The first-order valence-electron chi connectivity index (χ1n) is 10.9. The number of carbonyl (C=O) groups excluding carboxylic acids is 2. The van der Waals surface area contributed by atoms with E-state index in [-0.39, 0.29) is 24.8 Å². The molecule has 0 unspecified atom stereocenters. The molecule has 0 bridgehead atoms. The van der Waals surface area contributed by atoms with Gasteiger partial charge in [0.05, 0.1) is 10.6 Å². The molecule has 8 heteroatoms. The number of benzene rings is 3. The highest BCUT2D eigenvalue weighted by Crippen LogP contribution is 2.42. The van der Waals surface area contributed by atoms with Crippen molar-refractivity contribution in [2.45, 2.75) is 37.2 Å². The second kappa shape index (κ2) is 9.23. The van der Waals surface area contributed by atoms with Crippen molar-refractivity contribution in [1.82, 2.24) is 10.2 Å². The molecule has 7 nitrogen and oxygen atoms in total. The number of anilines is 1. The van der Waals surface area contributed by atoms with Gasteiger partial charge in [-0.1, -0.05) is 54.6 Å². The van der Waals surface area contributed by atoms with Crippen molar-refractivity contribution in [3.05, 3.63) is 72.3 Å². The highest BCUT2D eigenvalue weighted by atomic mass is 32.2. The van der Waals surface area contributed by atoms with Gasteiger partial charge in [0, 0.05) is 31.9 Å². The van der Waals surface area contributed by atoms with Gasteiger partial charge in [0.25, 0.3) is 10.0 Å². The molecular weight excluding hydrogens is 438 g/mol. The molecule has 33 heavy (non-hydrogen) atoms. The number of likely N-dealkylation sites (N-methyl/N-ethyl adjacent to an activating group) is 1. The van der Waals surface area contributed by atoms with Crippen LogP contribution >= 0.6 is 0 Å². The fourth-order valence-electron chi connectivity index (χ4n) is 4.29. The predicted octanol–water partition coefficient (Wildman–Crippen LogP) is 3.29. The van der Waals surface area contributed by atoms with Crippen molar-refractivity contribution in [2.24, 2.45) is 0 Å². The van der Waals surface area contributed by atoms with Gasteiger partial charge in [-0.05, 0) is 36.4 Å². The Morgan fingerprint density at radius 3 is 2.39 bits per heavy atom. The van der Waals surface area contributed by atoms with E-state index in [1.54, 1.807) is 37.1 Å². The molecule has 2 amide bonds. The molecule has 1 N–H and O–H groups in total. The second-order valence-electron chi connectivity index (χ2n) is 8.11. The van der Waals surface area contributed by atoms with E-state index in [9.17, 15) is 18.0 Å². The van der Waals surface area contributed by atoms with Crippen LogP contribution in [0.15, 0.2) is 71.6 Å². The number of sulfonamides is 1. The van der Waals surface area contributed by atoms with Gasteiger partial charge in [-0.15, -0.1) is 0 Å². The molecule has 3 aromatic carbocycles. The lowest BCUT2D eigenvalue weighted by atomic mass is 10.1. The molecule has 1 aliphatic rings. The summed E-state index contributed by atoms with van der Waals surface area (Å²) in [5.74, 6) is -0.439. The van der Waals surface area contributed by atoms with Crippen LogP contribution in [0.2, 0.25) is 0 Å². The number of amides is 2. The molecule has 0 fully saturated rings. The number of nitrogens with one attached hydrogen (secondary N) is 1. The second-order valence-corrected chi connectivity index (χ2v) is 9.94. The largest absolute Gasteiger partial charge is 0.357 e. The van der Waals surface area contributed by atoms with Crippen LogP contribution in [0.5, 0.6) is 0 Å². The lowest BCUT2D eigenvalue weighted by Gasteiger charge is -2.29. The van der Waals surface area contributed by atoms with E-state index >= 15 is 0 Å². The minimum absolute atomic E-state index is 0.131. The molecule has 172 valence electrons. The minimum atomic E-state index is -3.65. The van der Waals surface area contributed by atoms with Gasteiger partial charge in [-0.3, -0.25) is 13.9 Å². The number of hydrogen-bond donors (Lipinski definition) is 1. The summed E-state index contributed by atoms with van der Waals surface area (Å²) in [5, 5.41) is 4.20. The third-order valence-electron chi connectivity index (χ3n) is 6.04. The molecule has 0 aliphatic carbocycles. The maximum Gasteiger partial charge on any atom is 0.265 e. The standard InChI is InChI=1S/C25H27N3O4S/c1-18(25(30)26-2)27(17-19-9-4-3-5-10-19)23(29)15-8-16-28-21-13-6-11-20-12-7-14-22(24(20)21)33(28,31)32/h3-7,9-14,18H,8,15-17H2,1-2H3,(H,26,30)/t18-/m0/s1. The van der Waals surface area contributed by atoms with Gasteiger partial charge < -0.3 is 10.2 Å². The van der Waals surface area contributed by atoms with Crippen LogP contribution in [0.25, 0.3) is 10.8 Å². The van der Waals surface area contributed by atoms with Crippen LogP contribution in [-0.4, -0.2) is 44.8 Å². The molecule has 0 radical (unpaired) electrons. The van der Waals surface area contributed by atoms with Gasteiger partial charge in [0.15, 0.2) is 0 Å². The summed E-state index contributed by atoms with van der Waals surface area (Å²) >= 11 is 0. The Morgan fingerprint density at radius 2 is 1.70 bits per heavy atom. The van der Waals surface area contributed by atoms with Crippen molar-refractivity contribution in [2.75, 3.05) is 17.9 Å². The smallest absolute Gasteiger partial charge is 0.265 e. The van der Waals surface area contributed by atoms with Crippen LogP contribution in [0, 0.1) is 0 Å². The molecule has 0 spiro atoms. The van der Waals surface area contributed by atoms with E-state index in [4.69, 9.17) is 0 Å². The van der Waals surface area contributed by atoms with Crippen molar-refractivity contribution in [1.29, 1.82) is 0 Å². The normalized spacial score (nSPS) is 14.8. The highest BCUT2D eigenvalue weighted by molar-refractivity contribution is 7.93. The molecular formula is C25H27N3O4S. The Labute approximate surface area is 194 Å². The summed E-state index contributed by atoms with van der Waals surface area (Å²) in [7, 11) is -2.11. The maximum absolute atomic E-state index is 13.1. The van der Waals surface area contributed by atoms with Gasteiger partial charge in [0.1, 0.15) is 6.04 Å². The average Bonchev–Trinajstić information content (AvgIpc) is 3.05. The lowest BCUT2D eigenvalue weighted by Crippen LogP contribution is -2.46. The van der Waals surface area contributed by atoms with Gasteiger partial charge >= 0.3 is 0 Å². The fourth-order valence-corrected chi connectivity index (χ4v) is 6.04. The molecule has 0 saturated carbocycles. The Bertz CT molecular complexity index is 1290. The van der Waals surface area contributed by atoms with Crippen molar-refractivity contribution in [3.8, 4) is 0 Å². The predicted molar refractivity (Wildman–Crippen MR) is 128 cm³/mol. The quantitative estimate of drug-likeness (QED) is 0.553. The van der Waals surface area contributed by atoms with Crippen LogP contribution in [-0.2, 0) is 26.2 Å². The topological polar surface area (TPSA) is 86.8 Å². The molecule has 1 atom stereocenters. The Morgan fingerprint density at radius 1 is 1.00 bits per heavy atom. The molecule has 1 aliphatic heterocycles. The Kier molecular flexibility index (Phi) is 6.37. The summed E-state index contributed by atoms with van der Waals surface area (Å²) in [6, 6.07) is 19.6. The average molecular weight is 466 g/mol. The molecule has 0 saturated heterocycles. The summed E-state index contributed by atoms with van der Waals surface area (Å²) < 4.78 is 27.7. The monoisotopic (exact) mass is 465 g/mol.